The molecule has 1 atom stereocenters. The zero-order valence-corrected chi connectivity index (χ0v) is 12.8. The molecule has 0 N–H and O–H groups in total. The second-order valence-electron chi connectivity index (χ2n) is 5.52. The van der Waals surface area contributed by atoms with Crippen molar-refractivity contribution in [1.82, 2.24) is 24.7 Å². The number of ether oxygens (including phenoxy) is 1. The molecule has 0 saturated carbocycles. The maximum absolute atomic E-state index is 8.91. The van der Waals surface area contributed by atoms with Crippen molar-refractivity contribution in [3.63, 3.8) is 0 Å². The summed E-state index contributed by atoms with van der Waals surface area (Å²) in [7, 11) is 0. The molecule has 4 heterocycles. The lowest BCUT2D eigenvalue weighted by Gasteiger charge is -2.04. The molecule has 24 heavy (non-hydrogen) atoms. The summed E-state index contributed by atoms with van der Waals surface area (Å²) >= 11 is 0. The van der Waals surface area contributed by atoms with Gasteiger partial charge < -0.3 is 4.74 Å². The Hall–Kier alpha value is -3.11. The molecule has 4 rings (SSSR count). The topological polar surface area (TPSA) is 89.5 Å². The average Bonchev–Trinajstić information content (AvgIpc) is 3.32. The minimum atomic E-state index is 0.202. The fourth-order valence-corrected chi connectivity index (χ4v) is 2.68. The molecule has 1 aliphatic rings. The maximum atomic E-state index is 8.91. The number of aromatic nitrogens is 5. The van der Waals surface area contributed by atoms with Gasteiger partial charge in [-0.15, -0.1) is 0 Å². The second-order valence-corrected chi connectivity index (χ2v) is 5.52. The van der Waals surface area contributed by atoms with Crippen LogP contribution < -0.4 is 0 Å². The highest BCUT2D eigenvalue weighted by molar-refractivity contribution is 5.57. The second kappa shape index (κ2) is 6.18. The summed E-state index contributed by atoms with van der Waals surface area (Å²) in [5.41, 5.74) is 2.00. The van der Waals surface area contributed by atoms with Gasteiger partial charge in [0.15, 0.2) is 11.6 Å². The lowest BCUT2D eigenvalue weighted by molar-refractivity contribution is 0.193. The van der Waals surface area contributed by atoms with Crippen LogP contribution in [0.4, 0.5) is 0 Å². The van der Waals surface area contributed by atoms with Crippen molar-refractivity contribution >= 4 is 0 Å². The van der Waals surface area contributed by atoms with Crippen molar-refractivity contribution in [1.29, 1.82) is 5.26 Å². The zero-order valence-electron chi connectivity index (χ0n) is 12.8. The van der Waals surface area contributed by atoms with Gasteiger partial charge in [0.25, 0.3) is 0 Å². The van der Waals surface area contributed by atoms with Gasteiger partial charge >= 0.3 is 0 Å². The van der Waals surface area contributed by atoms with Crippen molar-refractivity contribution in [2.24, 2.45) is 0 Å². The van der Waals surface area contributed by atoms with Crippen molar-refractivity contribution in [3.05, 3.63) is 54.4 Å². The molecule has 0 aromatic carbocycles. The Morgan fingerprint density at radius 3 is 2.88 bits per heavy atom. The average molecular weight is 318 g/mol. The Morgan fingerprint density at radius 2 is 2.21 bits per heavy atom. The van der Waals surface area contributed by atoms with Crippen LogP contribution in [-0.2, 0) is 4.74 Å². The highest BCUT2D eigenvalue weighted by atomic mass is 16.5. The van der Waals surface area contributed by atoms with Gasteiger partial charge in [0.2, 0.25) is 0 Å². The van der Waals surface area contributed by atoms with Gasteiger partial charge in [0.1, 0.15) is 11.8 Å². The smallest absolute Gasteiger partial charge is 0.165 e. The molecule has 0 bridgehead atoms. The summed E-state index contributed by atoms with van der Waals surface area (Å²) in [6.45, 7) is 1.38. The van der Waals surface area contributed by atoms with E-state index in [1.807, 2.05) is 24.3 Å². The molecule has 3 aromatic heterocycles. The van der Waals surface area contributed by atoms with Crippen molar-refractivity contribution in [3.8, 4) is 23.1 Å². The molecular weight excluding hydrogens is 304 g/mol. The normalized spacial score (nSPS) is 16.9. The number of hydrogen-bond donors (Lipinski definition) is 0. The standard InChI is InChI=1S/C17H14N6O/c18-8-14-4-3-12(9-20-14)17-21-16(13-5-7-24-11-13)22-23(17)15-2-1-6-19-10-15/h1-4,6,9-10,13H,5,7,11H2. The molecule has 0 spiro atoms. The van der Waals surface area contributed by atoms with E-state index in [2.05, 4.69) is 15.1 Å². The van der Waals surface area contributed by atoms with Gasteiger partial charge in [0.05, 0.1) is 18.5 Å². The predicted molar refractivity (Wildman–Crippen MR) is 85.3 cm³/mol. The van der Waals surface area contributed by atoms with Crippen molar-refractivity contribution in [2.75, 3.05) is 13.2 Å². The fraction of sp³-hybridized carbons (Fsp3) is 0.235. The molecule has 0 aliphatic carbocycles. The summed E-state index contributed by atoms with van der Waals surface area (Å²) in [6, 6.07) is 9.31. The Kier molecular flexibility index (Phi) is 3.73. The molecule has 1 fully saturated rings. The summed E-state index contributed by atoms with van der Waals surface area (Å²) in [5.74, 6) is 1.64. The number of hydrogen-bond acceptors (Lipinski definition) is 6. The van der Waals surface area contributed by atoms with Gasteiger partial charge in [-0.05, 0) is 30.7 Å². The number of rotatable bonds is 3. The van der Waals surface area contributed by atoms with Crippen LogP contribution in [-0.4, -0.2) is 37.9 Å². The van der Waals surface area contributed by atoms with E-state index < -0.39 is 0 Å². The molecule has 7 nitrogen and oxygen atoms in total. The summed E-state index contributed by atoms with van der Waals surface area (Å²) in [4.78, 5) is 13.0. The molecule has 0 radical (unpaired) electrons. The quantitative estimate of drug-likeness (QED) is 0.734. The number of nitriles is 1. The highest BCUT2D eigenvalue weighted by Crippen LogP contribution is 2.27. The van der Waals surface area contributed by atoms with E-state index in [0.717, 1.165) is 30.1 Å². The first-order chi connectivity index (χ1) is 11.8. The Labute approximate surface area is 138 Å². The van der Waals surface area contributed by atoms with Gasteiger partial charge in [-0.25, -0.2) is 14.6 Å². The third-order valence-electron chi connectivity index (χ3n) is 3.95. The van der Waals surface area contributed by atoms with Crippen LogP contribution in [0.1, 0.15) is 23.9 Å². The summed E-state index contributed by atoms with van der Waals surface area (Å²) in [5, 5.41) is 13.6. The monoisotopic (exact) mass is 318 g/mol. The van der Waals surface area contributed by atoms with Crippen molar-refractivity contribution in [2.45, 2.75) is 12.3 Å². The largest absolute Gasteiger partial charge is 0.381 e. The zero-order chi connectivity index (χ0) is 16.4. The van der Waals surface area contributed by atoms with E-state index in [9.17, 15) is 0 Å². The third-order valence-corrected chi connectivity index (χ3v) is 3.95. The summed E-state index contributed by atoms with van der Waals surface area (Å²) in [6.07, 6.45) is 6.02. The fourth-order valence-electron chi connectivity index (χ4n) is 2.68. The maximum Gasteiger partial charge on any atom is 0.165 e. The van der Waals surface area contributed by atoms with E-state index in [-0.39, 0.29) is 5.92 Å². The van der Waals surface area contributed by atoms with Crippen LogP contribution in [0.3, 0.4) is 0 Å². The van der Waals surface area contributed by atoms with E-state index in [1.54, 1.807) is 29.3 Å². The molecular formula is C17H14N6O. The first kappa shape index (κ1) is 14.5. The molecule has 7 heteroatoms. The van der Waals surface area contributed by atoms with E-state index in [0.29, 0.717) is 18.1 Å². The lowest BCUT2D eigenvalue weighted by atomic mass is 10.1. The Balaban J connectivity index is 1.82. The van der Waals surface area contributed by atoms with Gasteiger partial charge in [-0.2, -0.15) is 10.4 Å². The van der Waals surface area contributed by atoms with Gasteiger partial charge in [0, 0.05) is 30.5 Å². The van der Waals surface area contributed by atoms with E-state index >= 15 is 0 Å². The van der Waals surface area contributed by atoms with Crippen LogP contribution in [0.2, 0.25) is 0 Å². The third kappa shape index (κ3) is 2.64. The molecule has 3 aromatic rings. The first-order valence-electron chi connectivity index (χ1n) is 7.67. The first-order valence-corrected chi connectivity index (χ1v) is 7.67. The van der Waals surface area contributed by atoms with Crippen molar-refractivity contribution < 1.29 is 4.74 Å². The number of pyridine rings is 2. The van der Waals surface area contributed by atoms with E-state index in [1.165, 1.54) is 0 Å². The molecule has 0 amide bonds. The minimum absolute atomic E-state index is 0.202. The van der Waals surface area contributed by atoms with Gasteiger partial charge in [-0.3, -0.25) is 4.98 Å². The van der Waals surface area contributed by atoms with Crippen LogP contribution in [0, 0.1) is 11.3 Å². The minimum Gasteiger partial charge on any atom is -0.381 e. The summed E-state index contributed by atoms with van der Waals surface area (Å²) < 4.78 is 7.22. The predicted octanol–water partition coefficient (Wildman–Crippen LogP) is 2.10. The van der Waals surface area contributed by atoms with Crippen LogP contribution >= 0.6 is 0 Å². The van der Waals surface area contributed by atoms with Gasteiger partial charge in [-0.1, -0.05) is 0 Å². The molecule has 118 valence electrons. The molecule has 1 saturated heterocycles. The van der Waals surface area contributed by atoms with Crippen LogP contribution in [0.25, 0.3) is 17.1 Å². The SMILES string of the molecule is N#Cc1ccc(-c2nc(C3CCOC3)nn2-c2cccnc2)cn1. The Bertz CT molecular complexity index is 876. The highest BCUT2D eigenvalue weighted by Gasteiger charge is 2.24. The molecule has 1 aliphatic heterocycles. The lowest BCUT2D eigenvalue weighted by Crippen LogP contribution is -2.03. The van der Waals surface area contributed by atoms with Crippen LogP contribution in [0.15, 0.2) is 42.9 Å². The van der Waals surface area contributed by atoms with E-state index in [4.69, 9.17) is 15.0 Å². The van der Waals surface area contributed by atoms with Crippen LogP contribution in [0.5, 0.6) is 0 Å². The molecule has 1 unspecified atom stereocenters. The Morgan fingerprint density at radius 1 is 1.25 bits per heavy atom. The number of nitrogens with zero attached hydrogens (tertiary/aromatic N) is 6.